The zero-order chi connectivity index (χ0) is 41.1. The van der Waals surface area contributed by atoms with Gasteiger partial charge in [-0.1, -0.05) is 84.9 Å². The molecule has 0 spiro atoms. The van der Waals surface area contributed by atoms with Crippen molar-refractivity contribution in [2.75, 3.05) is 0 Å². The van der Waals surface area contributed by atoms with E-state index in [2.05, 4.69) is 129 Å². The summed E-state index contributed by atoms with van der Waals surface area (Å²) in [5.74, 6) is 0. The van der Waals surface area contributed by atoms with Crippen LogP contribution in [0, 0.1) is 54.4 Å². The Morgan fingerprint density at radius 3 is 1.20 bits per heavy atom. The third-order valence-corrected chi connectivity index (χ3v) is 11.6. The van der Waals surface area contributed by atoms with Crippen LogP contribution in [0.25, 0.3) is 93.2 Å². The van der Waals surface area contributed by atoms with Gasteiger partial charge in [-0.25, -0.2) is 4.85 Å². The number of fused-ring (bicyclic) bond motifs is 6. The quantitative estimate of drug-likeness (QED) is 0.164. The Morgan fingerprint density at radius 2 is 0.800 bits per heavy atom. The van der Waals surface area contributed by atoms with Crippen molar-refractivity contribution < 1.29 is 0 Å². The molecule has 0 radical (unpaired) electrons. The average Bonchev–Trinajstić information content (AvgIpc) is 3.79. The van der Waals surface area contributed by atoms with E-state index in [0.29, 0.717) is 22.4 Å². The lowest BCUT2D eigenvalue weighted by Gasteiger charge is -2.14. The van der Waals surface area contributed by atoms with Crippen LogP contribution in [0.3, 0.4) is 0 Å². The standard InChI is InChI=1S/C54H32N6/c1-33-22-35(30-55)24-43(32-57)53(33)59-49-18-14-39(37-10-6-4-7-11-37)26-44(49)46-28-41(16-20-50(46)59)42-17-21-52-47(29-42)45-27-40(38-12-8-5-9-13-38)15-19-51(45)60(52)54-34(2)23-36(31-56)25-48(54)58-3/h4-29H,1-2H3. The zero-order valence-electron chi connectivity index (χ0n) is 32.7. The summed E-state index contributed by atoms with van der Waals surface area (Å²) in [5.41, 5.74) is 15.3. The summed E-state index contributed by atoms with van der Waals surface area (Å²) in [6, 6.07) is 60.5. The second kappa shape index (κ2) is 14.1. The fourth-order valence-electron chi connectivity index (χ4n) is 8.94. The molecule has 0 aliphatic rings. The van der Waals surface area contributed by atoms with E-state index in [1.54, 1.807) is 12.1 Å². The molecular weight excluding hydrogens is 733 g/mol. The van der Waals surface area contributed by atoms with Gasteiger partial charge in [-0.3, -0.25) is 0 Å². The van der Waals surface area contributed by atoms with E-state index in [1.165, 1.54) is 0 Å². The van der Waals surface area contributed by atoms with Gasteiger partial charge in [0.1, 0.15) is 6.07 Å². The Balaban J connectivity index is 1.24. The first-order valence-electron chi connectivity index (χ1n) is 19.5. The largest absolute Gasteiger partial charge is 0.319 e. The van der Waals surface area contributed by atoms with E-state index in [1.807, 2.05) is 62.4 Å². The lowest BCUT2D eigenvalue weighted by molar-refractivity contribution is 1.13. The molecule has 0 saturated carbocycles. The molecule has 2 aromatic heterocycles. The van der Waals surface area contributed by atoms with E-state index in [0.717, 1.165) is 99.5 Å². The van der Waals surface area contributed by atoms with Gasteiger partial charge in [0.05, 0.1) is 63.3 Å². The molecule has 10 aromatic rings. The van der Waals surface area contributed by atoms with Crippen LogP contribution in [-0.2, 0) is 0 Å². The lowest BCUT2D eigenvalue weighted by Crippen LogP contribution is -2.01. The third kappa shape index (κ3) is 5.61. The first kappa shape index (κ1) is 35.7. The molecule has 0 saturated heterocycles. The van der Waals surface area contributed by atoms with Gasteiger partial charge in [0.15, 0.2) is 0 Å². The van der Waals surface area contributed by atoms with Gasteiger partial charge in [0.2, 0.25) is 5.69 Å². The first-order valence-corrected chi connectivity index (χ1v) is 19.5. The molecule has 10 rings (SSSR count). The highest BCUT2D eigenvalue weighted by atomic mass is 15.0. The SMILES string of the molecule is [C-]#[N+]c1cc(C#N)cc(C)c1-n1c2ccc(-c3ccccc3)cc2c2cc(-c3ccc4c(c3)c3cc(-c5ccccc5)ccc3n4-c3c(C)cc(C#N)cc3C#N)ccc21. The van der Waals surface area contributed by atoms with E-state index in [4.69, 9.17) is 6.57 Å². The summed E-state index contributed by atoms with van der Waals surface area (Å²) in [5, 5.41) is 34.0. The van der Waals surface area contributed by atoms with Crippen LogP contribution in [0.1, 0.15) is 27.8 Å². The number of nitriles is 3. The van der Waals surface area contributed by atoms with Gasteiger partial charge in [-0.05, 0) is 131 Å². The summed E-state index contributed by atoms with van der Waals surface area (Å²) >= 11 is 0. The maximum atomic E-state index is 10.4. The summed E-state index contributed by atoms with van der Waals surface area (Å²) in [7, 11) is 0. The molecule has 0 atom stereocenters. The van der Waals surface area contributed by atoms with Crippen molar-refractivity contribution in [3.8, 4) is 63.0 Å². The molecule has 0 N–H and O–H groups in total. The molecule has 0 fully saturated rings. The van der Waals surface area contributed by atoms with E-state index >= 15 is 0 Å². The number of rotatable bonds is 5. The third-order valence-electron chi connectivity index (χ3n) is 11.6. The van der Waals surface area contributed by atoms with Gasteiger partial charge in [0.25, 0.3) is 0 Å². The molecule has 2 heterocycles. The van der Waals surface area contributed by atoms with Crippen LogP contribution in [0.5, 0.6) is 0 Å². The minimum atomic E-state index is 0.426. The van der Waals surface area contributed by atoms with E-state index in [-0.39, 0.29) is 0 Å². The summed E-state index contributed by atoms with van der Waals surface area (Å²) in [6.45, 7) is 12.0. The van der Waals surface area contributed by atoms with Gasteiger partial charge < -0.3 is 9.13 Å². The van der Waals surface area contributed by atoms with Gasteiger partial charge in [-0.15, -0.1) is 0 Å². The number of aryl methyl sites for hydroxylation is 2. The van der Waals surface area contributed by atoms with Crippen LogP contribution < -0.4 is 0 Å². The maximum absolute atomic E-state index is 10.4. The number of aromatic nitrogens is 2. The van der Waals surface area contributed by atoms with Crippen molar-refractivity contribution in [2.45, 2.75) is 13.8 Å². The summed E-state index contributed by atoms with van der Waals surface area (Å²) < 4.78 is 4.33. The van der Waals surface area contributed by atoms with Crippen LogP contribution in [0.2, 0.25) is 0 Å². The van der Waals surface area contributed by atoms with Crippen molar-refractivity contribution in [1.29, 1.82) is 15.8 Å². The van der Waals surface area contributed by atoms with Crippen molar-refractivity contribution in [3.63, 3.8) is 0 Å². The Hall–Kier alpha value is -8.68. The smallest absolute Gasteiger partial charge is 0.212 e. The highest BCUT2D eigenvalue weighted by molar-refractivity contribution is 6.14. The fourth-order valence-corrected chi connectivity index (χ4v) is 8.94. The lowest BCUT2D eigenvalue weighted by atomic mass is 9.98. The Kier molecular flexibility index (Phi) is 8.37. The number of hydrogen-bond donors (Lipinski definition) is 0. The molecule has 0 unspecified atom stereocenters. The molecule has 6 nitrogen and oxygen atoms in total. The van der Waals surface area contributed by atoms with Crippen LogP contribution in [0.15, 0.2) is 158 Å². The highest BCUT2D eigenvalue weighted by Crippen LogP contribution is 2.43. The van der Waals surface area contributed by atoms with Crippen LogP contribution >= 0.6 is 0 Å². The molecule has 60 heavy (non-hydrogen) atoms. The van der Waals surface area contributed by atoms with E-state index in [9.17, 15) is 15.8 Å². The van der Waals surface area contributed by atoms with Crippen molar-refractivity contribution >= 4 is 49.3 Å². The topological polar surface area (TPSA) is 85.6 Å². The van der Waals surface area contributed by atoms with Gasteiger partial charge in [0, 0.05) is 27.1 Å². The normalized spacial score (nSPS) is 11.1. The maximum Gasteiger partial charge on any atom is 0.212 e. The molecule has 6 heteroatoms. The average molecular weight is 765 g/mol. The van der Waals surface area contributed by atoms with Crippen molar-refractivity contribution in [1.82, 2.24) is 9.13 Å². The molecular formula is C54H32N6. The Morgan fingerprint density at radius 1 is 0.417 bits per heavy atom. The Labute approximate surface area is 346 Å². The predicted octanol–water partition coefficient (Wildman–Crippen LogP) is 13.7. The van der Waals surface area contributed by atoms with Gasteiger partial charge >= 0.3 is 0 Å². The monoisotopic (exact) mass is 764 g/mol. The number of hydrogen-bond acceptors (Lipinski definition) is 3. The minimum Gasteiger partial charge on any atom is -0.319 e. The molecule has 0 aliphatic carbocycles. The number of benzene rings is 8. The van der Waals surface area contributed by atoms with Gasteiger partial charge in [-0.2, -0.15) is 15.8 Å². The molecule has 0 aliphatic heterocycles. The second-order valence-electron chi connectivity index (χ2n) is 15.1. The van der Waals surface area contributed by atoms with Crippen molar-refractivity contribution in [2.24, 2.45) is 0 Å². The molecule has 278 valence electrons. The second-order valence-corrected chi connectivity index (χ2v) is 15.1. The molecule has 0 amide bonds. The summed E-state index contributed by atoms with van der Waals surface area (Å²) in [6.07, 6.45) is 0. The van der Waals surface area contributed by atoms with Crippen molar-refractivity contribution in [3.05, 3.63) is 197 Å². The molecule has 8 aromatic carbocycles. The van der Waals surface area contributed by atoms with Crippen LogP contribution in [-0.4, -0.2) is 9.13 Å². The van der Waals surface area contributed by atoms with E-state index < -0.39 is 0 Å². The highest BCUT2D eigenvalue weighted by Gasteiger charge is 2.22. The fraction of sp³-hybridized carbons (Fsp3) is 0.0370. The predicted molar refractivity (Wildman–Crippen MR) is 241 cm³/mol. The summed E-state index contributed by atoms with van der Waals surface area (Å²) in [4.78, 5) is 3.91. The zero-order valence-corrected chi connectivity index (χ0v) is 32.7. The minimum absolute atomic E-state index is 0.426. The molecule has 0 bridgehead atoms. The first-order chi connectivity index (χ1) is 29.4. The Bertz CT molecular complexity index is 3360. The number of nitrogens with zero attached hydrogens (tertiary/aromatic N) is 6. The van der Waals surface area contributed by atoms with Crippen LogP contribution in [0.4, 0.5) is 5.69 Å².